The molecule has 5 nitrogen and oxygen atoms in total. The van der Waals surface area contributed by atoms with E-state index in [1.807, 2.05) is 24.1 Å². The number of aryl methyl sites for hydroxylation is 2. The van der Waals surface area contributed by atoms with Gasteiger partial charge in [-0.1, -0.05) is 31.5 Å². The summed E-state index contributed by atoms with van der Waals surface area (Å²) >= 11 is 6.21. The van der Waals surface area contributed by atoms with Crippen molar-refractivity contribution in [3.8, 4) is 0 Å². The number of aromatic nitrogens is 2. The lowest BCUT2D eigenvalue weighted by molar-refractivity contribution is 0.507. The van der Waals surface area contributed by atoms with E-state index in [1.54, 1.807) is 13.1 Å². The lowest BCUT2D eigenvalue weighted by Gasteiger charge is -2.27. The maximum absolute atomic E-state index is 13.3. The summed E-state index contributed by atoms with van der Waals surface area (Å²) in [7, 11) is 3.66. The van der Waals surface area contributed by atoms with Gasteiger partial charge in [0, 0.05) is 43.8 Å². The zero-order valence-corrected chi connectivity index (χ0v) is 19.3. The van der Waals surface area contributed by atoms with Crippen molar-refractivity contribution < 1.29 is 4.39 Å². The number of rotatable bonds is 7. The second kappa shape index (κ2) is 10.8. The van der Waals surface area contributed by atoms with Gasteiger partial charge in [0.15, 0.2) is 5.96 Å². The third kappa shape index (κ3) is 7.29. The molecule has 0 aliphatic rings. The molecule has 8 heteroatoms. The Hall–Kier alpha value is -1.35. The fourth-order valence-corrected chi connectivity index (χ4v) is 3.18. The number of hydrogen-bond acceptors (Lipinski definition) is 2. The Morgan fingerprint density at radius 3 is 2.67 bits per heavy atom. The van der Waals surface area contributed by atoms with Gasteiger partial charge in [-0.2, -0.15) is 5.10 Å². The van der Waals surface area contributed by atoms with Crippen LogP contribution in [0.2, 0.25) is 5.02 Å². The lowest BCUT2D eigenvalue weighted by Crippen LogP contribution is -2.43. The molecule has 0 fully saturated rings. The van der Waals surface area contributed by atoms with Crippen LogP contribution in [0.3, 0.4) is 0 Å². The number of nitrogens with one attached hydrogen (secondary N) is 2. The molecule has 0 bridgehead atoms. The number of nitrogens with zero attached hydrogens (tertiary/aromatic N) is 3. The Bertz CT molecular complexity index is 760. The number of benzene rings is 1. The number of halogens is 3. The summed E-state index contributed by atoms with van der Waals surface area (Å²) in [6, 6.07) is 4.53. The molecular weight excluding hydrogens is 480 g/mol. The van der Waals surface area contributed by atoms with Crippen LogP contribution in [0.25, 0.3) is 0 Å². The first kappa shape index (κ1) is 23.7. The average Bonchev–Trinajstić information content (AvgIpc) is 2.99. The molecule has 2 aromatic rings. The van der Waals surface area contributed by atoms with Crippen LogP contribution < -0.4 is 10.6 Å². The van der Waals surface area contributed by atoms with Gasteiger partial charge < -0.3 is 10.6 Å². The van der Waals surface area contributed by atoms with Crippen LogP contribution in [0.1, 0.15) is 31.4 Å². The van der Waals surface area contributed by atoms with Gasteiger partial charge in [-0.3, -0.25) is 9.67 Å². The predicted octanol–water partition coefficient (Wildman–Crippen LogP) is 3.91. The van der Waals surface area contributed by atoms with Gasteiger partial charge >= 0.3 is 0 Å². The van der Waals surface area contributed by atoms with Crippen LogP contribution in [-0.2, 0) is 18.9 Å². The first-order chi connectivity index (χ1) is 12.3. The summed E-state index contributed by atoms with van der Waals surface area (Å²) in [5, 5.41) is 11.2. The molecule has 0 radical (unpaired) electrons. The highest BCUT2D eigenvalue weighted by molar-refractivity contribution is 14.0. The van der Waals surface area contributed by atoms with Crippen LogP contribution in [0, 0.1) is 5.82 Å². The van der Waals surface area contributed by atoms with E-state index in [2.05, 4.69) is 34.6 Å². The molecular formula is C19H28ClFIN5. The normalized spacial score (nSPS) is 11.9. The van der Waals surface area contributed by atoms with E-state index in [9.17, 15) is 4.39 Å². The second-order valence-electron chi connectivity index (χ2n) is 6.99. The third-order valence-electron chi connectivity index (χ3n) is 4.27. The fourth-order valence-electron chi connectivity index (χ4n) is 2.76. The van der Waals surface area contributed by atoms with Crippen molar-refractivity contribution in [3.05, 3.63) is 52.6 Å². The standard InChI is InChI=1S/C19H27ClFN5.HI/c1-19(2,16-8-7-15(21)10-17(16)20)13-24-18(22-3)23-9-5-6-14-11-25-26(4)12-14;/h7-8,10-12H,5-6,9,13H2,1-4H3,(H2,22,23,24);1H. The fraction of sp³-hybridized carbons (Fsp3) is 0.474. The van der Waals surface area contributed by atoms with Gasteiger partial charge in [-0.05, 0) is 36.1 Å². The summed E-state index contributed by atoms with van der Waals surface area (Å²) in [6.07, 6.45) is 5.87. The number of aliphatic imine (C=N–C) groups is 1. The highest BCUT2D eigenvalue weighted by atomic mass is 127. The highest BCUT2D eigenvalue weighted by Gasteiger charge is 2.24. The number of hydrogen-bond donors (Lipinski definition) is 2. The third-order valence-corrected chi connectivity index (χ3v) is 4.59. The maximum atomic E-state index is 13.3. The first-order valence-corrected chi connectivity index (χ1v) is 9.07. The molecule has 2 N–H and O–H groups in total. The van der Waals surface area contributed by atoms with Gasteiger partial charge in [-0.15, -0.1) is 24.0 Å². The molecule has 0 amide bonds. The summed E-state index contributed by atoms with van der Waals surface area (Å²) in [5.41, 5.74) is 1.86. The summed E-state index contributed by atoms with van der Waals surface area (Å²) < 4.78 is 15.1. The molecule has 150 valence electrons. The highest BCUT2D eigenvalue weighted by Crippen LogP contribution is 2.29. The Balaban J connectivity index is 0.00000364. The lowest BCUT2D eigenvalue weighted by atomic mass is 9.84. The van der Waals surface area contributed by atoms with E-state index in [1.165, 1.54) is 17.7 Å². The van der Waals surface area contributed by atoms with E-state index in [0.29, 0.717) is 11.6 Å². The van der Waals surface area contributed by atoms with Gasteiger partial charge in [0.1, 0.15) is 5.82 Å². The SMILES string of the molecule is CN=C(NCCCc1cnn(C)c1)NCC(C)(C)c1ccc(F)cc1Cl.I. The molecule has 0 unspecified atom stereocenters. The zero-order valence-electron chi connectivity index (χ0n) is 16.2. The molecule has 0 atom stereocenters. The van der Waals surface area contributed by atoms with E-state index in [-0.39, 0.29) is 35.2 Å². The molecule has 0 aliphatic carbocycles. The summed E-state index contributed by atoms with van der Waals surface area (Å²) in [6.45, 7) is 5.57. The van der Waals surface area contributed by atoms with E-state index in [4.69, 9.17) is 11.6 Å². The summed E-state index contributed by atoms with van der Waals surface area (Å²) in [4.78, 5) is 4.25. The van der Waals surface area contributed by atoms with Gasteiger partial charge in [0.2, 0.25) is 0 Å². The van der Waals surface area contributed by atoms with Crippen molar-refractivity contribution in [2.24, 2.45) is 12.0 Å². The molecule has 0 aliphatic heterocycles. The average molecular weight is 508 g/mol. The Labute approximate surface area is 182 Å². The molecule has 0 saturated carbocycles. The van der Waals surface area contributed by atoms with Crippen LogP contribution in [0.15, 0.2) is 35.6 Å². The van der Waals surface area contributed by atoms with Crippen LogP contribution in [0.4, 0.5) is 4.39 Å². The topological polar surface area (TPSA) is 54.2 Å². The van der Waals surface area contributed by atoms with E-state index < -0.39 is 0 Å². The van der Waals surface area contributed by atoms with Crippen molar-refractivity contribution in [3.63, 3.8) is 0 Å². The predicted molar refractivity (Wildman–Crippen MR) is 121 cm³/mol. The maximum Gasteiger partial charge on any atom is 0.191 e. The second-order valence-corrected chi connectivity index (χ2v) is 7.39. The zero-order chi connectivity index (χ0) is 19.2. The van der Waals surface area contributed by atoms with Crippen molar-refractivity contribution in [1.29, 1.82) is 0 Å². The van der Waals surface area contributed by atoms with Crippen molar-refractivity contribution >= 4 is 41.5 Å². The molecule has 0 saturated heterocycles. The Morgan fingerprint density at radius 2 is 2.07 bits per heavy atom. The van der Waals surface area contributed by atoms with Gasteiger partial charge in [0.05, 0.1) is 6.20 Å². The van der Waals surface area contributed by atoms with Crippen molar-refractivity contribution in [1.82, 2.24) is 20.4 Å². The minimum atomic E-state index is -0.325. The molecule has 0 spiro atoms. The first-order valence-electron chi connectivity index (χ1n) is 8.69. The molecule has 27 heavy (non-hydrogen) atoms. The van der Waals surface area contributed by atoms with Crippen LogP contribution in [-0.4, -0.2) is 35.9 Å². The van der Waals surface area contributed by atoms with E-state index >= 15 is 0 Å². The summed E-state index contributed by atoms with van der Waals surface area (Å²) in [5.74, 6) is 0.413. The van der Waals surface area contributed by atoms with Crippen LogP contribution in [0.5, 0.6) is 0 Å². The quantitative estimate of drug-likeness (QED) is 0.259. The van der Waals surface area contributed by atoms with E-state index in [0.717, 1.165) is 30.9 Å². The van der Waals surface area contributed by atoms with Crippen molar-refractivity contribution in [2.45, 2.75) is 32.1 Å². The largest absolute Gasteiger partial charge is 0.356 e. The Kier molecular flexibility index (Phi) is 9.52. The van der Waals surface area contributed by atoms with Gasteiger partial charge in [0.25, 0.3) is 0 Å². The molecule has 2 rings (SSSR count). The Morgan fingerprint density at radius 1 is 1.33 bits per heavy atom. The van der Waals surface area contributed by atoms with Crippen molar-refractivity contribution in [2.75, 3.05) is 20.1 Å². The van der Waals surface area contributed by atoms with Gasteiger partial charge in [-0.25, -0.2) is 4.39 Å². The molecule has 1 heterocycles. The minimum absolute atomic E-state index is 0. The minimum Gasteiger partial charge on any atom is -0.356 e. The monoisotopic (exact) mass is 507 g/mol. The number of guanidine groups is 1. The smallest absolute Gasteiger partial charge is 0.191 e. The van der Waals surface area contributed by atoms with Crippen LogP contribution >= 0.6 is 35.6 Å². The molecule has 1 aromatic heterocycles. The molecule has 1 aromatic carbocycles.